The molecule has 166 valence electrons. The topological polar surface area (TPSA) is 77.0 Å². The Labute approximate surface area is 184 Å². The zero-order valence-corrected chi connectivity index (χ0v) is 19.0. The fraction of sp³-hybridized carbons (Fsp3) is 0.591. The van der Waals surface area contributed by atoms with Gasteiger partial charge in [0.05, 0.1) is 13.0 Å². The van der Waals surface area contributed by atoms with Gasteiger partial charge in [-0.25, -0.2) is 0 Å². The summed E-state index contributed by atoms with van der Waals surface area (Å²) in [6.07, 6.45) is 1.65. The molecule has 1 atom stereocenters. The van der Waals surface area contributed by atoms with Crippen molar-refractivity contribution in [2.24, 2.45) is 4.99 Å². The van der Waals surface area contributed by atoms with Crippen molar-refractivity contribution < 1.29 is 9.59 Å². The van der Waals surface area contributed by atoms with Gasteiger partial charge in [-0.3, -0.25) is 14.6 Å². The van der Waals surface area contributed by atoms with Gasteiger partial charge < -0.3 is 20.4 Å². The molecule has 0 aliphatic carbocycles. The summed E-state index contributed by atoms with van der Waals surface area (Å²) in [5, 5.41) is 6.90. The number of nitrogens with one attached hydrogen (secondary N) is 2. The van der Waals surface area contributed by atoms with Crippen molar-refractivity contribution in [3.05, 3.63) is 34.9 Å². The minimum atomic E-state index is 0.0281. The molecule has 1 aromatic carbocycles. The minimum Gasteiger partial charge on any atom is -0.357 e. The lowest BCUT2D eigenvalue weighted by atomic mass is 10.1. The average Bonchev–Trinajstić information content (AvgIpc) is 2.73. The van der Waals surface area contributed by atoms with Crippen LogP contribution in [0.1, 0.15) is 39.2 Å². The van der Waals surface area contributed by atoms with Crippen LogP contribution in [0.25, 0.3) is 0 Å². The van der Waals surface area contributed by atoms with E-state index in [2.05, 4.69) is 20.5 Å². The third-order valence-electron chi connectivity index (χ3n) is 5.13. The zero-order chi connectivity index (χ0) is 21.9. The van der Waals surface area contributed by atoms with Crippen LogP contribution in [0, 0.1) is 0 Å². The number of hydrogen-bond donors (Lipinski definition) is 2. The maximum absolute atomic E-state index is 12.6. The van der Waals surface area contributed by atoms with Crippen molar-refractivity contribution in [2.45, 2.75) is 46.1 Å². The lowest BCUT2D eigenvalue weighted by Gasteiger charge is -2.36. The lowest BCUT2D eigenvalue weighted by molar-refractivity contribution is -0.131. The summed E-state index contributed by atoms with van der Waals surface area (Å²) in [5.74, 6) is 0.941. The van der Waals surface area contributed by atoms with E-state index in [1.165, 1.54) is 0 Å². The van der Waals surface area contributed by atoms with E-state index in [-0.39, 0.29) is 17.9 Å². The highest BCUT2D eigenvalue weighted by molar-refractivity contribution is 6.30. The van der Waals surface area contributed by atoms with E-state index >= 15 is 0 Å². The number of halogens is 1. The number of carbonyl (C=O) groups excluding carboxylic acids is 2. The van der Waals surface area contributed by atoms with Crippen LogP contribution in [0.2, 0.25) is 5.02 Å². The highest BCUT2D eigenvalue weighted by Crippen LogP contribution is 2.13. The second-order valence-electron chi connectivity index (χ2n) is 7.54. The molecule has 2 N–H and O–H groups in total. The smallest absolute Gasteiger partial charge is 0.227 e. The average molecular weight is 436 g/mol. The van der Waals surface area contributed by atoms with Crippen LogP contribution in [0.5, 0.6) is 0 Å². The summed E-state index contributed by atoms with van der Waals surface area (Å²) in [4.78, 5) is 33.2. The summed E-state index contributed by atoms with van der Waals surface area (Å²) in [6.45, 7) is 10.00. The maximum atomic E-state index is 12.6. The Morgan fingerprint density at radius 3 is 2.50 bits per heavy atom. The number of rotatable bonds is 8. The quantitative estimate of drug-likeness (QED) is 0.485. The molecule has 1 aromatic rings. The molecular formula is C22H34ClN5O2. The lowest BCUT2D eigenvalue weighted by Crippen LogP contribution is -2.54. The molecular weight excluding hydrogens is 402 g/mol. The van der Waals surface area contributed by atoms with E-state index in [1.807, 2.05) is 49.9 Å². The van der Waals surface area contributed by atoms with E-state index in [4.69, 9.17) is 11.6 Å². The number of hydrogen-bond acceptors (Lipinski definition) is 3. The van der Waals surface area contributed by atoms with E-state index in [0.29, 0.717) is 50.6 Å². The van der Waals surface area contributed by atoms with Crippen molar-refractivity contribution in [3.63, 3.8) is 0 Å². The number of piperazine rings is 1. The predicted octanol–water partition coefficient (Wildman–Crippen LogP) is 2.30. The van der Waals surface area contributed by atoms with Crippen LogP contribution in [0.4, 0.5) is 0 Å². The molecule has 2 rings (SSSR count). The number of amides is 2. The monoisotopic (exact) mass is 435 g/mol. The molecule has 2 amide bonds. The van der Waals surface area contributed by atoms with Crippen LogP contribution in [0.3, 0.4) is 0 Å². The summed E-state index contributed by atoms with van der Waals surface area (Å²) in [7, 11) is 0. The van der Waals surface area contributed by atoms with Crippen LogP contribution in [0.15, 0.2) is 29.3 Å². The Bertz CT molecular complexity index is 732. The Hall–Kier alpha value is -2.28. The molecule has 1 aliphatic heterocycles. The maximum Gasteiger partial charge on any atom is 0.227 e. The van der Waals surface area contributed by atoms with Crippen LogP contribution < -0.4 is 10.6 Å². The number of guanidine groups is 1. The van der Waals surface area contributed by atoms with Crippen molar-refractivity contribution in [2.75, 3.05) is 39.3 Å². The minimum absolute atomic E-state index is 0.0281. The molecule has 7 nitrogen and oxygen atoms in total. The van der Waals surface area contributed by atoms with Gasteiger partial charge in [-0.05, 0) is 38.0 Å². The highest BCUT2D eigenvalue weighted by Gasteiger charge is 2.23. The molecule has 1 fully saturated rings. The molecule has 1 unspecified atom stereocenters. The van der Waals surface area contributed by atoms with Crippen molar-refractivity contribution in [1.82, 2.24) is 20.4 Å². The number of benzene rings is 1. The van der Waals surface area contributed by atoms with Gasteiger partial charge >= 0.3 is 0 Å². The standard InChI is InChI=1S/C22H34ClN5O2/c1-4-17(3)26-20(29)9-10-25-22(24-5-2)28-13-11-27(12-14-28)21(30)16-18-7-6-8-19(23)15-18/h6-8,15,17H,4-5,9-14,16H2,1-3H3,(H,24,25)(H,26,29). The molecule has 0 saturated carbocycles. The van der Waals surface area contributed by atoms with Gasteiger partial charge in [0.1, 0.15) is 0 Å². The Morgan fingerprint density at radius 1 is 1.17 bits per heavy atom. The third kappa shape index (κ3) is 7.86. The van der Waals surface area contributed by atoms with Crippen molar-refractivity contribution in [3.8, 4) is 0 Å². The molecule has 30 heavy (non-hydrogen) atoms. The first kappa shape index (κ1) is 24.0. The van der Waals surface area contributed by atoms with Gasteiger partial charge in [-0.2, -0.15) is 0 Å². The first-order valence-electron chi connectivity index (χ1n) is 10.8. The van der Waals surface area contributed by atoms with Crippen molar-refractivity contribution >= 4 is 29.4 Å². The second-order valence-corrected chi connectivity index (χ2v) is 7.97. The van der Waals surface area contributed by atoms with Crippen molar-refractivity contribution in [1.29, 1.82) is 0 Å². The van der Waals surface area contributed by atoms with Gasteiger partial charge in [0.2, 0.25) is 11.8 Å². The molecule has 1 saturated heterocycles. The Morgan fingerprint density at radius 2 is 1.87 bits per heavy atom. The largest absolute Gasteiger partial charge is 0.357 e. The Kier molecular flexibility index (Phi) is 9.94. The van der Waals surface area contributed by atoms with Crippen LogP contribution >= 0.6 is 11.6 Å². The van der Waals surface area contributed by atoms with Gasteiger partial charge in [-0.1, -0.05) is 30.7 Å². The molecule has 1 aliphatic rings. The molecule has 0 aromatic heterocycles. The van der Waals surface area contributed by atoms with Crippen LogP contribution in [-0.4, -0.2) is 72.9 Å². The van der Waals surface area contributed by atoms with Gasteiger partial charge in [0.15, 0.2) is 5.96 Å². The van der Waals surface area contributed by atoms with E-state index in [0.717, 1.165) is 24.5 Å². The number of nitrogens with zero attached hydrogens (tertiary/aromatic N) is 3. The first-order chi connectivity index (χ1) is 14.4. The molecule has 8 heteroatoms. The summed E-state index contributed by atoms with van der Waals surface area (Å²) >= 11 is 6.01. The highest BCUT2D eigenvalue weighted by atomic mass is 35.5. The Balaban J connectivity index is 1.83. The SMILES string of the molecule is CCNC(=NCCC(=O)NC(C)CC)N1CCN(C(=O)Cc2cccc(Cl)c2)CC1. The van der Waals surface area contributed by atoms with Gasteiger partial charge in [-0.15, -0.1) is 0 Å². The molecule has 0 bridgehead atoms. The van der Waals surface area contributed by atoms with E-state index < -0.39 is 0 Å². The molecule has 0 radical (unpaired) electrons. The predicted molar refractivity (Wildman–Crippen MR) is 122 cm³/mol. The van der Waals surface area contributed by atoms with Gasteiger partial charge in [0.25, 0.3) is 0 Å². The molecule has 1 heterocycles. The fourth-order valence-electron chi connectivity index (χ4n) is 3.24. The third-order valence-corrected chi connectivity index (χ3v) is 5.37. The van der Waals surface area contributed by atoms with E-state index in [9.17, 15) is 9.59 Å². The fourth-order valence-corrected chi connectivity index (χ4v) is 3.45. The van der Waals surface area contributed by atoms with E-state index in [1.54, 1.807) is 0 Å². The number of carbonyl (C=O) groups is 2. The zero-order valence-electron chi connectivity index (χ0n) is 18.3. The summed E-state index contributed by atoms with van der Waals surface area (Å²) < 4.78 is 0. The van der Waals surface area contributed by atoms with Crippen LogP contribution in [-0.2, 0) is 16.0 Å². The molecule has 0 spiro atoms. The van der Waals surface area contributed by atoms with Gasteiger partial charge in [0, 0.05) is 50.2 Å². The first-order valence-corrected chi connectivity index (χ1v) is 11.2. The second kappa shape index (κ2) is 12.4. The summed E-state index contributed by atoms with van der Waals surface area (Å²) in [6, 6.07) is 7.62. The summed E-state index contributed by atoms with van der Waals surface area (Å²) in [5.41, 5.74) is 0.931. The normalized spacial score (nSPS) is 15.7. The number of aliphatic imine (C=N–C) groups is 1.